The van der Waals surface area contributed by atoms with Gasteiger partial charge in [0.1, 0.15) is 10.7 Å². The van der Waals surface area contributed by atoms with Crippen molar-refractivity contribution < 1.29 is 9.53 Å². The number of nitrogens with zero attached hydrogens (tertiary/aromatic N) is 2. The van der Waals surface area contributed by atoms with Gasteiger partial charge in [0.2, 0.25) is 0 Å². The van der Waals surface area contributed by atoms with Crippen LogP contribution in [-0.2, 0) is 22.5 Å². The van der Waals surface area contributed by atoms with Crippen LogP contribution in [0.5, 0.6) is 0 Å². The number of aryl methyl sites for hydroxylation is 4. The molecule has 0 N–H and O–H groups in total. The van der Waals surface area contributed by atoms with Crippen LogP contribution in [0.15, 0.2) is 23.0 Å². The highest BCUT2D eigenvalue weighted by Gasteiger charge is 2.19. The first-order valence-corrected chi connectivity index (χ1v) is 10.4. The summed E-state index contributed by atoms with van der Waals surface area (Å²) in [5, 5.41) is 0.682. The third kappa shape index (κ3) is 3.74. The fraction of sp³-hybridized carbons (Fsp3) is 0.409. The van der Waals surface area contributed by atoms with E-state index in [1.165, 1.54) is 18.2 Å². The predicted molar refractivity (Wildman–Crippen MR) is 114 cm³/mol. The first kappa shape index (κ1) is 20.3. The number of rotatable bonds is 6. The van der Waals surface area contributed by atoms with Crippen LogP contribution in [0.1, 0.15) is 41.6 Å². The van der Waals surface area contributed by atoms with E-state index in [4.69, 9.17) is 9.72 Å². The van der Waals surface area contributed by atoms with Gasteiger partial charge in [-0.1, -0.05) is 25.1 Å². The standard InChI is InChI=1S/C22H26N2O3S/c1-6-17-23-21-20(22(26)24(17)11-7-8-18(25)27-5)19(15(4)28-21)16-10-9-13(2)14(3)12-16/h9-10,12H,6-8,11H2,1-5H3. The minimum atomic E-state index is -0.262. The van der Waals surface area contributed by atoms with Crippen LogP contribution >= 0.6 is 11.3 Å². The molecule has 0 atom stereocenters. The number of hydrogen-bond acceptors (Lipinski definition) is 5. The van der Waals surface area contributed by atoms with Crippen molar-refractivity contribution in [1.29, 1.82) is 0 Å². The van der Waals surface area contributed by atoms with Crippen molar-refractivity contribution in [3.05, 3.63) is 50.4 Å². The molecule has 5 nitrogen and oxygen atoms in total. The number of ether oxygens (including phenoxy) is 1. The molecule has 2 aromatic heterocycles. The van der Waals surface area contributed by atoms with E-state index in [1.807, 2.05) is 13.8 Å². The van der Waals surface area contributed by atoms with Crippen LogP contribution in [0.4, 0.5) is 0 Å². The van der Waals surface area contributed by atoms with Crippen LogP contribution < -0.4 is 5.56 Å². The Balaban J connectivity index is 2.15. The quantitative estimate of drug-likeness (QED) is 0.571. The molecule has 1 aromatic carbocycles. The average molecular weight is 399 g/mol. The molecule has 0 bridgehead atoms. The minimum Gasteiger partial charge on any atom is -0.469 e. The van der Waals surface area contributed by atoms with Crippen LogP contribution in [0.25, 0.3) is 21.3 Å². The molecule has 0 fully saturated rings. The van der Waals surface area contributed by atoms with Gasteiger partial charge < -0.3 is 4.74 Å². The van der Waals surface area contributed by atoms with Gasteiger partial charge in [-0.2, -0.15) is 0 Å². The highest BCUT2D eigenvalue weighted by atomic mass is 32.1. The Morgan fingerprint density at radius 3 is 2.61 bits per heavy atom. The summed E-state index contributed by atoms with van der Waals surface area (Å²) in [5.74, 6) is 0.498. The number of methoxy groups -OCH3 is 1. The van der Waals surface area contributed by atoms with E-state index in [1.54, 1.807) is 15.9 Å². The maximum atomic E-state index is 13.4. The molecule has 0 aliphatic carbocycles. The van der Waals surface area contributed by atoms with Crippen molar-refractivity contribution in [2.45, 2.75) is 53.5 Å². The van der Waals surface area contributed by atoms with Gasteiger partial charge in [-0.05, 0) is 43.9 Å². The summed E-state index contributed by atoms with van der Waals surface area (Å²) in [6, 6.07) is 6.31. The van der Waals surface area contributed by atoms with Gasteiger partial charge in [-0.15, -0.1) is 11.3 Å². The number of carbonyl (C=O) groups is 1. The van der Waals surface area contributed by atoms with E-state index in [9.17, 15) is 9.59 Å². The van der Waals surface area contributed by atoms with Gasteiger partial charge >= 0.3 is 5.97 Å². The van der Waals surface area contributed by atoms with E-state index in [-0.39, 0.29) is 17.9 Å². The Kier molecular flexibility index (Phi) is 5.98. The van der Waals surface area contributed by atoms with Crippen LogP contribution in [0.3, 0.4) is 0 Å². The summed E-state index contributed by atoms with van der Waals surface area (Å²) < 4.78 is 6.43. The average Bonchev–Trinajstić information content (AvgIpc) is 3.01. The number of thiophene rings is 1. The molecule has 0 spiro atoms. The Morgan fingerprint density at radius 1 is 1.21 bits per heavy atom. The van der Waals surface area contributed by atoms with Crippen molar-refractivity contribution in [2.24, 2.45) is 0 Å². The molecule has 148 valence electrons. The maximum Gasteiger partial charge on any atom is 0.305 e. The fourth-order valence-electron chi connectivity index (χ4n) is 3.47. The molecule has 0 saturated heterocycles. The monoisotopic (exact) mass is 398 g/mol. The summed E-state index contributed by atoms with van der Waals surface area (Å²) in [7, 11) is 1.38. The molecule has 2 heterocycles. The van der Waals surface area contributed by atoms with Gasteiger partial charge in [0.15, 0.2) is 0 Å². The zero-order valence-electron chi connectivity index (χ0n) is 17.1. The second-order valence-electron chi connectivity index (χ2n) is 7.03. The topological polar surface area (TPSA) is 61.2 Å². The van der Waals surface area contributed by atoms with Crippen molar-refractivity contribution in [3.63, 3.8) is 0 Å². The molecule has 0 saturated carbocycles. The molecule has 0 unspecified atom stereocenters. The first-order valence-electron chi connectivity index (χ1n) is 9.54. The van der Waals surface area contributed by atoms with Crippen LogP contribution in [-0.4, -0.2) is 22.6 Å². The molecule has 3 aromatic rings. The number of hydrogen-bond donors (Lipinski definition) is 0. The van der Waals surface area contributed by atoms with E-state index in [0.29, 0.717) is 24.8 Å². The molecule has 0 aliphatic rings. The van der Waals surface area contributed by atoms with Crippen molar-refractivity contribution >= 4 is 27.5 Å². The second kappa shape index (κ2) is 8.27. The highest BCUT2D eigenvalue weighted by molar-refractivity contribution is 7.19. The molecule has 28 heavy (non-hydrogen) atoms. The number of carbonyl (C=O) groups excluding carboxylic acids is 1. The van der Waals surface area contributed by atoms with Gasteiger partial charge in [0.05, 0.1) is 12.5 Å². The van der Waals surface area contributed by atoms with Crippen molar-refractivity contribution in [3.8, 4) is 11.1 Å². The molecular weight excluding hydrogens is 372 g/mol. The number of esters is 1. The molecule has 0 amide bonds. The largest absolute Gasteiger partial charge is 0.469 e. The molecule has 0 radical (unpaired) electrons. The third-order valence-electron chi connectivity index (χ3n) is 5.17. The predicted octanol–water partition coefficient (Wildman–Crippen LogP) is 4.57. The number of fused-ring (bicyclic) bond motifs is 1. The van der Waals surface area contributed by atoms with Gasteiger partial charge in [-0.25, -0.2) is 4.98 Å². The summed E-state index contributed by atoms with van der Waals surface area (Å²) in [4.78, 5) is 31.5. The first-order chi connectivity index (χ1) is 13.4. The molecule has 6 heteroatoms. The minimum absolute atomic E-state index is 0.0238. The lowest BCUT2D eigenvalue weighted by Gasteiger charge is -2.12. The van der Waals surface area contributed by atoms with E-state index in [0.717, 1.165) is 26.7 Å². The fourth-order valence-corrected chi connectivity index (χ4v) is 4.52. The van der Waals surface area contributed by atoms with Crippen molar-refractivity contribution in [2.75, 3.05) is 7.11 Å². The van der Waals surface area contributed by atoms with Gasteiger partial charge in [0, 0.05) is 29.8 Å². The lowest BCUT2D eigenvalue weighted by atomic mass is 9.99. The summed E-state index contributed by atoms with van der Waals surface area (Å²) in [6.45, 7) is 8.67. The zero-order valence-corrected chi connectivity index (χ0v) is 17.9. The second-order valence-corrected chi connectivity index (χ2v) is 8.23. The summed E-state index contributed by atoms with van der Waals surface area (Å²) in [5.41, 5.74) is 4.44. The third-order valence-corrected chi connectivity index (χ3v) is 6.17. The normalized spacial score (nSPS) is 11.2. The zero-order chi connectivity index (χ0) is 20.4. The number of benzene rings is 1. The van der Waals surface area contributed by atoms with Crippen LogP contribution in [0.2, 0.25) is 0 Å². The Morgan fingerprint density at radius 2 is 1.96 bits per heavy atom. The Labute approximate surface area is 169 Å². The van der Waals surface area contributed by atoms with E-state index < -0.39 is 0 Å². The highest BCUT2D eigenvalue weighted by Crippen LogP contribution is 2.36. The van der Waals surface area contributed by atoms with Crippen LogP contribution in [0, 0.1) is 20.8 Å². The van der Waals surface area contributed by atoms with E-state index in [2.05, 4.69) is 32.0 Å². The van der Waals surface area contributed by atoms with Crippen molar-refractivity contribution in [1.82, 2.24) is 9.55 Å². The lowest BCUT2D eigenvalue weighted by Crippen LogP contribution is -2.25. The molecule has 0 aliphatic heterocycles. The summed E-state index contributed by atoms with van der Waals surface area (Å²) in [6.07, 6.45) is 1.50. The Hall–Kier alpha value is -2.47. The molecular formula is C22H26N2O3S. The maximum absolute atomic E-state index is 13.4. The van der Waals surface area contributed by atoms with E-state index >= 15 is 0 Å². The smallest absolute Gasteiger partial charge is 0.305 e. The number of aromatic nitrogens is 2. The summed E-state index contributed by atoms with van der Waals surface area (Å²) >= 11 is 1.57. The lowest BCUT2D eigenvalue weighted by molar-refractivity contribution is -0.140. The molecule has 3 rings (SSSR count). The van der Waals surface area contributed by atoms with Gasteiger partial charge in [-0.3, -0.25) is 14.2 Å². The van der Waals surface area contributed by atoms with Gasteiger partial charge in [0.25, 0.3) is 5.56 Å². The SMILES string of the molecule is CCc1nc2sc(C)c(-c3ccc(C)c(C)c3)c2c(=O)n1CCCC(=O)OC. The Bertz CT molecular complexity index is 1100.